The largest absolute Gasteiger partial charge is 0.471 e. The van der Waals surface area contributed by atoms with Crippen LogP contribution in [0.1, 0.15) is 42.1 Å². The van der Waals surface area contributed by atoms with Gasteiger partial charge in [0.2, 0.25) is 11.8 Å². The first kappa shape index (κ1) is 22.6. The normalized spacial score (nSPS) is 21.1. The molecule has 0 bridgehead atoms. The fraction of sp³-hybridized carbons (Fsp3) is 0.360. The first-order valence-corrected chi connectivity index (χ1v) is 11.9. The number of fused-ring (bicyclic) bond motifs is 2. The van der Waals surface area contributed by atoms with Gasteiger partial charge in [0, 0.05) is 17.8 Å². The van der Waals surface area contributed by atoms with E-state index in [1.54, 1.807) is 12.1 Å². The summed E-state index contributed by atoms with van der Waals surface area (Å²) in [6.07, 6.45) is 5.57. The second-order valence-corrected chi connectivity index (χ2v) is 9.31. The van der Waals surface area contributed by atoms with Crippen molar-refractivity contribution in [3.8, 4) is 17.1 Å². The van der Waals surface area contributed by atoms with E-state index in [1.807, 2.05) is 28.8 Å². The topological polar surface area (TPSA) is 107 Å². The van der Waals surface area contributed by atoms with Gasteiger partial charge in [-0.1, -0.05) is 12.1 Å². The Hall–Kier alpha value is -3.86. The van der Waals surface area contributed by atoms with Crippen LogP contribution in [0.4, 0.5) is 14.7 Å². The zero-order valence-electron chi connectivity index (χ0n) is 19.3. The molecule has 0 atom stereocenters. The van der Waals surface area contributed by atoms with Crippen molar-refractivity contribution in [1.82, 2.24) is 24.3 Å². The predicted molar refractivity (Wildman–Crippen MR) is 127 cm³/mol. The molecule has 1 saturated carbocycles. The lowest BCUT2D eigenvalue weighted by molar-refractivity contribution is -0.0793. The number of hydrogen-bond acceptors (Lipinski definition) is 6. The number of pyridine rings is 1. The number of anilines is 1. The number of imidazole rings is 1. The molecule has 9 nitrogen and oxygen atoms in total. The molecule has 3 aromatic heterocycles. The lowest BCUT2D eigenvalue weighted by atomic mass is 9.93. The summed E-state index contributed by atoms with van der Waals surface area (Å²) in [5, 5.41) is 16.9. The molecule has 4 aromatic rings. The molecule has 0 radical (unpaired) electrons. The van der Waals surface area contributed by atoms with Crippen molar-refractivity contribution in [2.24, 2.45) is 0 Å². The number of aliphatic hydroxyl groups is 1. The summed E-state index contributed by atoms with van der Waals surface area (Å²) >= 11 is 0. The Morgan fingerprint density at radius 1 is 1.17 bits per heavy atom. The average molecular weight is 495 g/mol. The molecule has 1 fully saturated rings. The van der Waals surface area contributed by atoms with E-state index in [-0.39, 0.29) is 23.9 Å². The molecule has 2 N–H and O–H groups in total. The molecule has 36 heavy (non-hydrogen) atoms. The van der Waals surface area contributed by atoms with Gasteiger partial charge in [-0.25, -0.2) is 18.4 Å². The van der Waals surface area contributed by atoms with E-state index < -0.39 is 19.1 Å². The third kappa shape index (κ3) is 4.09. The van der Waals surface area contributed by atoms with Gasteiger partial charge in [0.1, 0.15) is 6.54 Å². The van der Waals surface area contributed by atoms with Crippen LogP contribution in [0.5, 0.6) is 5.88 Å². The molecule has 0 spiro atoms. The molecule has 186 valence electrons. The fourth-order valence-corrected chi connectivity index (χ4v) is 4.96. The maximum atomic E-state index is 13.7. The summed E-state index contributed by atoms with van der Waals surface area (Å²) in [5.74, 6) is -2.73. The number of carbonyl (C=O) groups is 1. The molecule has 6 rings (SSSR count). The maximum absolute atomic E-state index is 13.7. The monoisotopic (exact) mass is 494 g/mol. The van der Waals surface area contributed by atoms with Gasteiger partial charge in [-0.2, -0.15) is 5.10 Å². The van der Waals surface area contributed by atoms with Gasteiger partial charge in [-0.05, 0) is 49.9 Å². The lowest BCUT2D eigenvalue weighted by Crippen LogP contribution is -2.36. The highest BCUT2D eigenvalue weighted by Crippen LogP contribution is 2.36. The molecule has 0 saturated heterocycles. The number of halogens is 2. The second kappa shape index (κ2) is 8.66. The van der Waals surface area contributed by atoms with E-state index in [1.165, 1.54) is 12.4 Å². The Kier molecular flexibility index (Phi) is 5.44. The first-order chi connectivity index (χ1) is 17.4. The molecule has 11 heteroatoms. The SMILES string of the molecule is O=C(Nc1nc2ccccc2n1C1CCC(O)CC1)c1ccnc(-c2cnn3c2OCC(F)(F)C3)c1. The van der Waals surface area contributed by atoms with Crippen LogP contribution in [0.15, 0.2) is 48.8 Å². The minimum Gasteiger partial charge on any atom is -0.471 e. The zero-order chi connectivity index (χ0) is 24.9. The molecule has 1 aromatic carbocycles. The van der Waals surface area contributed by atoms with E-state index >= 15 is 0 Å². The van der Waals surface area contributed by atoms with Crippen LogP contribution in [0, 0.1) is 0 Å². The summed E-state index contributed by atoms with van der Waals surface area (Å²) in [6, 6.07) is 11.0. The number of ether oxygens (including phenoxy) is 1. The summed E-state index contributed by atoms with van der Waals surface area (Å²) < 4.78 is 35.7. The van der Waals surface area contributed by atoms with Crippen molar-refractivity contribution in [3.63, 3.8) is 0 Å². The molecule has 1 aliphatic carbocycles. The van der Waals surface area contributed by atoms with Crippen LogP contribution in [0.25, 0.3) is 22.3 Å². The van der Waals surface area contributed by atoms with Crippen molar-refractivity contribution in [2.75, 3.05) is 11.9 Å². The highest BCUT2D eigenvalue weighted by atomic mass is 19.3. The van der Waals surface area contributed by atoms with Crippen molar-refractivity contribution < 1.29 is 23.4 Å². The quantitative estimate of drug-likeness (QED) is 0.443. The van der Waals surface area contributed by atoms with Crippen LogP contribution in [0.3, 0.4) is 0 Å². The van der Waals surface area contributed by atoms with Crippen molar-refractivity contribution in [3.05, 3.63) is 54.4 Å². The predicted octanol–water partition coefficient (Wildman–Crippen LogP) is 4.05. The minimum absolute atomic E-state index is 0.110. The van der Waals surface area contributed by atoms with Crippen molar-refractivity contribution >= 4 is 22.9 Å². The Balaban J connectivity index is 1.30. The van der Waals surface area contributed by atoms with E-state index in [0.29, 0.717) is 35.6 Å². The second-order valence-electron chi connectivity index (χ2n) is 9.31. The van der Waals surface area contributed by atoms with Crippen LogP contribution in [-0.2, 0) is 6.54 Å². The lowest BCUT2D eigenvalue weighted by Gasteiger charge is -2.28. The Labute approximate surface area is 204 Å². The zero-order valence-corrected chi connectivity index (χ0v) is 19.3. The van der Waals surface area contributed by atoms with Crippen LogP contribution < -0.4 is 10.1 Å². The van der Waals surface area contributed by atoms with E-state index in [4.69, 9.17) is 4.74 Å². The Bertz CT molecular complexity index is 1440. The first-order valence-electron chi connectivity index (χ1n) is 11.9. The van der Waals surface area contributed by atoms with Gasteiger partial charge in [0.15, 0.2) is 6.61 Å². The third-order valence-corrected chi connectivity index (χ3v) is 6.74. The molecule has 1 aliphatic heterocycles. The summed E-state index contributed by atoms with van der Waals surface area (Å²) in [6.45, 7) is -1.31. The third-order valence-electron chi connectivity index (χ3n) is 6.74. The Morgan fingerprint density at radius 2 is 1.97 bits per heavy atom. The number of rotatable bonds is 4. The molecule has 1 amide bonds. The number of aromatic nitrogens is 5. The van der Waals surface area contributed by atoms with Crippen molar-refractivity contribution in [2.45, 2.75) is 50.3 Å². The van der Waals surface area contributed by atoms with Crippen LogP contribution in [-0.4, -0.2) is 54.0 Å². The molecular weight excluding hydrogens is 470 g/mol. The van der Waals surface area contributed by atoms with Crippen LogP contribution in [0.2, 0.25) is 0 Å². The summed E-state index contributed by atoms with van der Waals surface area (Å²) in [4.78, 5) is 22.3. The van der Waals surface area contributed by atoms with E-state index in [2.05, 4.69) is 20.4 Å². The number of aliphatic hydroxyl groups excluding tert-OH is 1. The van der Waals surface area contributed by atoms with Gasteiger partial charge < -0.3 is 14.4 Å². The Morgan fingerprint density at radius 3 is 2.81 bits per heavy atom. The molecular formula is C25H24F2N6O3. The summed E-state index contributed by atoms with van der Waals surface area (Å²) in [5.41, 5.74) is 2.86. The number of carbonyl (C=O) groups excluding carboxylic acids is 1. The van der Waals surface area contributed by atoms with E-state index in [0.717, 1.165) is 28.6 Å². The number of nitrogens with zero attached hydrogens (tertiary/aromatic N) is 5. The van der Waals surface area contributed by atoms with Crippen LogP contribution >= 0.6 is 0 Å². The number of benzene rings is 1. The minimum atomic E-state index is -2.99. The van der Waals surface area contributed by atoms with E-state index in [9.17, 15) is 18.7 Å². The smallest absolute Gasteiger partial charge is 0.300 e. The van der Waals surface area contributed by atoms with Crippen molar-refractivity contribution in [1.29, 1.82) is 0 Å². The van der Waals surface area contributed by atoms with Gasteiger partial charge in [0.25, 0.3) is 5.91 Å². The number of hydrogen-bond donors (Lipinski definition) is 2. The standard InChI is InChI=1S/C25H24F2N6O3/c26-25(27)13-32-23(36-14-25)18(12-29-32)20-11-15(9-10-28-20)22(35)31-24-30-19-3-1-2-4-21(19)33(24)16-5-7-17(34)8-6-16/h1-4,9-12,16-17,34H,5-8,13-14H2,(H,30,31,35). The molecule has 0 unspecified atom stereocenters. The number of para-hydroxylation sites is 2. The highest BCUT2D eigenvalue weighted by Gasteiger charge is 2.38. The average Bonchev–Trinajstić information content (AvgIpc) is 3.44. The van der Waals surface area contributed by atoms with Gasteiger partial charge in [-0.3, -0.25) is 15.1 Å². The fourth-order valence-electron chi connectivity index (χ4n) is 4.96. The highest BCUT2D eigenvalue weighted by molar-refractivity contribution is 6.04. The molecule has 2 aliphatic rings. The number of alkyl halides is 2. The van der Waals surface area contributed by atoms with Gasteiger partial charge >= 0.3 is 5.92 Å². The summed E-state index contributed by atoms with van der Waals surface area (Å²) in [7, 11) is 0. The van der Waals surface area contributed by atoms with Gasteiger partial charge in [-0.15, -0.1) is 0 Å². The number of nitrogens with one attached hydrogen (secondary N) is 1. The van der Waals surface area contributed by atoms with Gasteiger partial charge in [0.05, 0.1) is 34.6 Å². The number of amides is 1. The molecule has 4 heterocycles. The maximum Gasteiger partial charge on any atom is 0.300 e.